The van der Waals surface area contributed by atoms with Gasteiger partial charge >= 0.3 is 0 Å². The first-order valence-electron chi connectivity index (χ1n) is 15.9. The second-order valence-corrected chi connectivity index (χ2v) is 12.3. The van der Waals surface area contributed by atoms with Crippen molar-refractivity contribution < 1.29 is 28.8 Å². The highest BCUT2D eigenvalue weighted by Crippen LogP contribution is 2.46. The smallest absolute Gasteiger partial charge is 0.169 e. The van der Waals surface area contributed by atoms with Crippen LogP contribution in [0.5, 0.6) is 40.2 Å². The van der Waals surface area contributed by atoms with Crippen LogP contribution in [0, 0.1) is 0 Å². The molecule has 0 saturated heterocycles. The zero-order valence-electron chi connectivity index (χ0n) is 28.1. The molecule has 2 aliphatic heterocycles. The third-order valence-corrected chi connectivity index (χ3v) is 9.63. The number of phenolic OH excluding ortho intramolecular Hbond substituents is 1. The summed E-state index contributed by atoms with van der Waals surface area (Å²) in [6, 6.07) is 22.0. The van der Waals surface area contributed by atoms with E-state index >= 15 is 0 Å². The van der Waals surface area contributed by atoms with Gasteiger partial charge in [0.05, 0.1) is 34.5 Å². The Morgan fingerprint density at radius 3 is 1.96 bits per heavy atom. The molecule has 0 saturated carbocycles. The van der Waals surface area contributed by atoms with Crippen molar-refractivity contribution in [1.82, 2.24) is 9.80 Å². The van der Waals surface area contributed by atoms with Crippen LogP contribution in [0.1, 0.15) is 45.5 Å². The average Bonchev–Trinajstić information content (AvgIpc) is 3.09. The molecule has 0 amide bonds. The number of phenols is 1. The highest BCUT2D eigenvalue weighted by atomic mass is 16.5. The van der Waals surface area contributed by atoms with Gasteiger partial charge in [-0.05, 0) is 121 Å². The van der Waals surface area contributed by atoms with E-state index in [0.29, 0.717) is 23.0 Å². The maximum absolute atomic E-state index is 11.0. The number of hydrogen-bond donors (Lipinski definition) is 1. The fraction of sp³-hybridized carbons (Fsp3) is 0.333. The Kier molecular flexibility index (Phi) is 9.34. The summed E-state index contributed by atoms with van der Waals surface area (Å²) in [7, 11) is 10.9. The standard InChI is InChI=1S/C39H44N2O6/c1-24(39-31-23-37(46-7)35(44-5)21-28(31)15-17-41(39)3)26-10-13-33(42)34(19-26)47-38-22-30-27(20-36(38)45-6)14-16-40(2)32(30)18-25-8-11-29(43-4)12-9-25/h8-13,19-23,32,39,42H,1,14-18H2,2-7H3/t32-,39-/m1/s1. The second-order valence-electron chi connectivity index (χ2n) is 12.3. The maximum Gasteiger partial charge on any atom is 0.169 e. The number of fused-ring (bicyclic) bond motifs is 2. The molecule has 246 valence electrons. The van der Waals surface area contributed by atoms with E-state index in [1.807, 2.05) is 24.3 Å². The Balaban J connectivity index is 1.32. The SMILES string of the molecule is C=C(c1ccc(O)c(Oc2cc3c(cc2OC)CCN(C)[C@@H]3Cc2ccc(OC)cc2)c1)[C@@H]1c2cc(OC)c(OC)cc2CCN1C. The van der Waals surface area contributed by atoms with Gasteiger partial charge in [0.2, 0.25) is 0 Å². The fourth-order valence-electron chi connectivity index (χ4n) is 6.92. The molecule has 0 unspecified atom stereocenters. The van der Waals surface area contributed by atoms with Gasteiger partial charge in [0.25, 0.3) is 0 Å². The fourth-order valence-corrected chi connectivity index (χ4v) is 6.92. The van der Waals surface area contributed by atoms with Crippen LogP contribution in [-0.2, 0) is 19.3 Å². The van der Waals surface area contributed by atoms with Crippen LogP contribution in [-0.4, -0.2) is 70.5 Å². The van der Waals surface area contributed by atoms with Crippen LogP contribution in [0.25, 0.3) is 5.57 Å². The lowest BCUT2D eigenvalue weighted by Crippen LogP contribution is -2.33. The molecule has 8 heteroatoms. The monoisotopic (exact) mass is 636 g/mol. The second kappa shape index (κ2) is 13.6. The lowest BCUT2D eigenvalue weighted by molar-refractivity contribution is 0.228. The number of nitrogens with zero attached hydrogens (tertiary/aromatic N) is 2. The normalized spacial score (nSPS) is 17.7. The zero-order chi connectivity index (χ0) is 33.2. The van der Waals surface area contributed by atoms with E-state index in [4.69, 9.17) is 23.7 Å². The van der Waals surface area contributed by atoms with Crippen molar-refractivity contribution in [3.05, 3.63) is 107 Å². The molecular formula is C39H44N2O6. The quantitative estimate of drug-likeness (QED) is 0.196. The van der Waals surface area contributed by atoms with E-state index < -0.39 is 0 Å². The minimum absolute atomic E-state index is 0.0389. The molecule has 4 aromatic rings. The number of aromatic hydroxyl groups is 1. The molecule has 2 aliphatic rings. The summed E-state index contributed by atoms with van der Waals surface area (Å²) in [6.07, 6.45) is 2.65. The largest absolute Gasteiger partial charge is 0.504 e. The molecule has 8 nitrogen and oxygen atoms in total. The van der Waals surface area contributed by atoms with Gasteiger partial charge in [-0.1, -0.05) is 24.8 Å². The number of rotatable bonds is 10. The summed E-state index contributed by atoms with van der Waals surface area (Å²) in [5, 5.41) is 11.0. The molecular weight excluding hydrogens is 592 g/mol. The molecule has 1 N–H and O–H groups in total. The molecule has 0 radical (unpaired) electrons. The third-order valence-electron chi connectivity index (χ3n) is 9.63. The van der Waals surface area contributed by atoms with Crippen LogP contribution in [0.4, 0.5) is 0 Å². The van der Waals surface area contributed by atoms with Gasteiger partial charge in [-0.3, -0.25) is 9.80 Å². The first-order chi connectivity index (χ1) is 22.7. The van der Waals surface area contributed by atoms with E-state index in [-0.39, 0.29) is 17.8 Å². The molecule has 2 atom stereocenters. The van der Waals surface area contributed by atoms with Crippen molar-refractivity contribution in [3.63, 3.8) is 0 Å². The molecule has 47 heavy (non-hydrogen) atoms. The summed E-state index contributed by atoms with van der Waals surface area (Å²) in [4.78, 5) is 4.67. The van der Waals surface area contributed by atoms with Gasteiger partial charge in [-0.25, -0.2) is 0 Å². The van der Waals surface area contributed by atoms with Gasteiger partial charge < -0.3 is 28.8 Å². The summed E-state index contributed by atoms with van der Waals surface area (Å²) in [5.74, 6) is 3.80. The van der Waals surface area contributed by atoms with Crippen LogP contribution in [0.2, 0.25) is 0 Å². The lowest BCUT2D eigenvalue weighted by atomic mass is 9.85. The summed E-state index contributed by atoms with van der Waals surface area (Å²) in [5.41, 5.74) is 7.74. The maximum atomic E-state index is 11.0. The van der Waals surface area contributed by atoms with Gasteiger partial charge in [0.15, 0.2) is 34.5 Å². The van der Waals surface area contributed by atoms with E-state index in [0.717, 1.165) is 60.6 Å². The van der Waals surface area contributed by atoms with Crippen molar-refractivity contribution in [2.24, 2.45) is 0 Å². The van der Waals surface area contributed by atoms with E-state index in [1.165, 1.54) is 22.3 Å². The zero-order valence-corrected chi connectivity index (χ0v) is 28.1. The number of likely N-dealkylation sites (N-methyl/N-ethyl adjacent to an activating group) is 2. The van der Waals surface area contributed by atoms with E-state index in [1.54, 1.807) is 34.5 Å². The highest BCUT2D eigenvalue weighted by Gasteiger charge is 2.31. The van der Waals surface area contributed by atoms with Gasteiger partial charge in [0.1, 0.15) is 5.75 Å². The van der Waals surface area contributed by atoms with Crippen molar-refractivity contribution >= 4 is 5.57 Å². The Morgan fingerprint density at radius 2 is 1.30 bits per heavy atom. The van der Waals surface area contributed by atoms with Crippen molar-refractivity contribution in [1.29, 1.82) is 0 Å². The number of ether oxygens (including phenoxy) is 5. The first kappa shape index (κ1) is 32.3. The van der Waals surface area contributed by atoms with E-state index in [2.05, 4.69) is 66.9 Å². The molecule has 2 heterocycles. The first-order valence-corrected chi connectivity index (χ1v) is 15.9. The van der Waals surface area contributed by atoms with Crippen LogP contribution < -0.4 is 23.7 Å². The predicted octanol–water partition coefficient (Wildman–Crippen LogP) is 7.23. The van der Waals surface area contributed by atoms with Crippen LogP contribution >= 0.6 is 0 Å². The molecule has 0 aliphatic carbocycles. The van der Waals surface area contributed by atoms with Crippen molar-refractivity contribution in [2.45, 2.75) is 31.3 Å². The lowest BCUT2D eigenvalue weighted by Gasteiger charge is -2.36. The Hall–Kier alpha value is -4.66. The average molecular weight is 637 g/mol. The van der Waals surface area contributed by atoms with Gasteiger partial charge in [-0.2, -0.15) is 0 Å². The van der Waals surface area contributed by atoms with E-state index in [9.17, 15) is 5.11 Å². The van der Waals surface area contributed by atoms with Crippen LogP contribution in [0.3, 0.4) is 0 Å². The van der Waals surface area contributed by atoms with Crippen molar-refractivity contribution in [2.75, 3.05) is 55.6 Å². The molecule has 4 aromatic carbocycles. The van der Waals surface area contributed by atoms with Crippen LogP contribution in [0.15, 0.2) is 73.3 Å². The predicted molar refractivity (Wildman–Crippen MR) is 185 cm³/mol. The molecule has 0 aromatic heterocycles. The third kappa shape index (κ3) is 6.35. The highest BCUT2D eigenvalue weighted by molar-refractivity contribution is 5.73. The summed E-state index contributed by atoms with van der Waals surface area (Å²) < 4.78 is 28.9. The number of benzene rings is 4. The Labute approximate surface area is 277 Å². The Morgan fingerprint density at radius 1 is 0.702 bits per heavy atom. The van der Waals surface area contributed by atoms with Gasteiger partial charge in [0, 0.05) is 19.1 Å². The summed E-state index contributed by atoms with van der Waals surface area (Å²) in [6.45, 7) is 6.36. The minimum atomic E-state index is -0.0940. The number of methoxy groups -OCH3 is 4. The molecule has 6 rings (SSSR count). The Bertz CT molecular complexity index is 1770. The summed E-state index contributed by atoms with van der Waals surface area (Å²) >= 11 is 0. The minimum Gasteiger partial charge on any atom is -0.504 e. The van der Waals surface area contributed by atoms with Gasteiger partial charge in [-0.15, -0.1) is 0 Å². The molecule has 0 fully saturated rings. The topological polar surface area (TPSA) is 72.9 Å². The number of hydrogen-bond acceptors (Lipinski definition) is 8. The van der Waals surface area contributed by atoms with Crippen molar-refractivity contribution in [3.8, 4) is 40.2 Å². The molecule has 0 spiro atoms. The molecule has 0 bridgehead atoms.